The number of aromatic carboxylic acids is 1. The Morgan fingerprint density at radius 1 is 1.38 bits per heavy atom. The summed E-state index contributed by atoms with van der Waals surface area (Å²) in [7, 11) is 0. The van der Waals surface area contributed by atoms with Crippen LogP contribution in [0.5, 0.6) is 0 Å². The van der Waals surface area contributed by atoms with E-state index in [2.05, 4.69) is 17.1 Å². The second-order valence-electron chi connectivity index (χ2n) is 5.81. The first-order valence-corrected chi connectivity index (χ1v) is 7.31. The van der Waals surface area contributed by atoms with Crippen molar-refractivity contribution < 1.29 is 14.4 Å². The maximum atomic E-state index is 11.0. The fraction of sp³-hybridized carbons (Fsp3) is 0.438. The zero-order valence-electron chi connectivity index (χ0n) is 12.0. The molecule has 2 aromatic rings. The summed E-state index contributed by atoms with van der Waals surface area (Å²) >= 11 is 0. The summed E-state index contributed by atoms with van der Waals surface area (Å²) in [4.78, 5) is 15.5. The standard InChI is InChI=1S/C16H18N2O3/c1-10-4-2-5-11(8-10)14-17-15(21-18-14)12-6-3-7-13(9-12)16(19)20/h3,6-7,9-11H,2,4-5,8H2,1H3,(H,19,20). The van der Waals surface area contributed by atoms with Gasteiger partial charge in [-0.2, -0.15) is 4.98 Å². The Kier molecular flexibility index (Phi) is 3.73. The molecule has 0 radical (unpaired) electrons. The highest BCUT2D eigenvalue weighted by atomic mass is 16.5. The summed E-state index contributed by atoms with van der Waals surface area (Å²) < 4.78 is 5.32. The molecular weight excluding hydrogens is 268 g/mol. The zero-order chi connectivity index (χ0) is 14.8. The molecule has 5 nitrogen and oxygen atoms in total. The lowest BCUT2D eigenvalue weighted by Gasteiger charge is -2.23. The smallest absolute Gasteiger partial charge is 0.335 e. The molecule has 1 heterocycles. The predicted octanol–water partition coefficient (Wildman–Crippen LogP) is 3.73. The van der Waals surface area contributed by atoms with Crippen LogP contribution in [-0.2, 0) is 0 Å². The molecule has 2 unspecified atom stereocenters. The van der Waals surface area contributed by atoms with Crippen LogP contribution >= 0.6 is 0 Å². The van der Waals surface area contributed by atoms with E-state index in [0.717, 1.165) is 18.7 Å². The average Bonchev–Trinajstić information content (AvgIpc) is 2.97. The Morgan fingerprint density at radius 3 is 3.00 bits per heavy atom. The molecule has 1 aliphatic carbocycles. The summed E-state index contributed by atoms with van der Waals surface area (Å²) in [5.74, 6) is 1.23. The highest BCUT2D eigenvalue weighted by Gasteiger charge is 2.25. The molecule has 1 fully saturated rings. The Bertz CT molecular complexity index is 650. The third-order valence-electron chi connectivity index (χ3n) is 4.10. The first-order chi connectivity index (χ1) is 10.1. The molecule has 1 aromatic heterocycles. The van der Waals surface area contributed by atoms with E-state index in [1.54, 1.807) is 24.3 Å². The molecule has 110 valence electrons. The molecular formula is C16H18N2O3. The zero-order valence-corrected chi connectivity index (χ0v) is 12.0. The van der Waals surface area contributed by atoms with E-state index in [-0.39, 0.29) is 5.56 Å². The lowest BCUT2D eigenvalue weighted by Crippen LogP contribution is -2.12. The van der Waals surface area contributed by atoms with Crippen molar-refractivity contribution in [2.45, 2.75) is 38.5 Å². The molecule has 1 saturated carbocycles. The van der Waals surface area contributed by atoms with E-state index in [9.17, 15) is 4.79 Å². The Hall–Kier alpha value is -2.17. The van der Waals surface area contributed by atoms with Gasteiger partial charge in [0.2, 0.25) is 0 Å². The van der Waals surface area contributed by atoms with Crippen LogP contribution in [0.15, 0.2) is 28.8 Å². The van der Waals surface area contributed by atoms with Crippen molar-refractivity contribution in [3.63, 3.8) is 0 Å². The van der Waals surface area contributed by atoms with Crippen LogP contribution in [0.4, 0.5) is 0 Å². The van der Waals surface area contributed by atoms with Gasteiger partial charge in [0.15, 0.2) is 5.82 Å². The minimum Gasteiger partial charge on any atom is -0.478 e. The van der Waals surface area contributed by atoms with Crippen LogP contribution in [0.25, 0.3) is 11.5 Å². The number of rotatable bonds is 3. The Morgan fingerprint density at radius 2 is 2.24 bits per heavy atom. The number of hydrogen-bond donors (Lipinski definition) is 1. The molecule has 0 saturated heterocycles. The van der Waals surface area contributed by atoms with E-state index < -0.39 is 5.97 Å². The maximum Gasteiger partial charge on any atom is 0.335 e. The van der Waals surface area contributed by atoms with E-state index in [1.165, 1.54) is 12.8 Å². The van der Waals surface area contributed by atoms with Gasteiger partial charge in [0.25, 0.3) is 5.89 Å². The maximum absolute atomic E-state index is 11.0. The predicted molar refractivity (Wildman–Crippen MR) is 77.1 cm³/mol. The monoisotopic (exact) mass is 286 g/mol. The molecule has 5 heteroatoms. The van der Waals surface area contributed by atoms with Crippen molar-refractivity contribution in [3.8, 4) is 11.5 Å². The number of carboxylic acids is 1. The number of benzene rings is 1. The molecule has 0 amide bonds. The lowest BCUT2D eigenvalue weighted by atomic mass is 9.82. The van der Waals surface area contributed by atoms with Crippen LogP contribution < -0.4 is 0 Å². The lowest BCUT2D eigenvalue weighted by molar-refractivity contribution is 0.0697. The first kappa shape index (κ1) is 13.8. The molecule has 2 atom stereocenters. The van der Waals surface area contributed by atoms with Crippen LogP contribution in [0.3, 0.4) is 0 Å². The van der Waals surface area contributed by atoms with Gasteiger partial charge < -0.3 is 9.63 Å². The van der Waals surface area contributed by atoms with Gasteiger partial charge in [-0.3, -0.25) is 0 Å². The van der Waals surface area contributed by atoms with Crippen molar-refractivity contribution in [2.24, 2.45) is 5.92 Å². The van der Waals surface area contributed by atoms with Gasteiger partial charge in [0.05, 0.1) is 5.56 Å². The van der Waals surface area contributed by atoms with Crippen molar-refractivity contribution in [3.05, 3.63) is 35.7 Å². The van der Waals surface area contributed by atoms with Crippen LogP contribution in [0, 0.1) is 5.92 Å². The summed E-state index contributed by atoms with van der Waals surface area (Å²) in [6.45, 7) is 2.25. The largest absolute Gasteiger partial charge is 0.478 e. The number of hydrogen-bond acceptors (Lipinski definition) is 4. The van der Waals surface area contributed by atoms with Crippen molar-refractivity contribution in [2.75, 3.05) is 0 Å². The fourth-order valence-corrected chi connectivity index (χ4v) is 2.97. The molecule has 21 heavy (non-hydrogen) atoms. The molecule has 1 aromatic carbocycles. The average molecular weight is 286 g/mol. The van der Waals surface area contributed by atoms with E-state index >= 15 is 0 Å². The number of carboxylic acid groups (broad SMARTS) is 1. The van der Waals surface area contributed by atoms with Crippen LogP contribution in [0.1, 0.15) is 54.7 Å². The molecule has 1 N–H and O–H groups in total. The molecule has 3 rings (SSSR count). The third kappa shape index (κ3) is 2.96. The number of nitrogens with zero attached hydrogens (tertiary/aromatic N) is 2. The Balaban J connectivity index is 1.84. The topological polar surface area (TPSA) is 76.2 Å². The summed E-state index contributed by atoms with van der Waals surface area (Å²) in [6.07, 6.45) is 4.65. The van der Waals surface area contributed by atoms with Crippen molar-refractivity contribution >= 4 is 5.97 Å². The first-order valence-electron chi connectivity index (χ1n) is 7.31. The fourth-order valence-electron chi connectivity index (χ4n) is 2.97. The minimum absolute atomic E-state index is 0.221. The highest BCUT2D eigenvalue weighted by molar-refractivity contribution is 5.88. The summed E-state index contributed by atoms with van der Waals surface area (Å²) in [5, 5.41) is 13.1. The molecule has 1 aliphatic rings. The quantitative estimate of drug-likeness (QED) is 0.930. The van der Waals surface area contributed by atoms with Crippen LogP contribution in [-0.4, -0.2) is 21.2 Å². The summed E-state index contributed by atoms with van der Waals surface area (Å²) in [5.41, 5.74) is 0.871. The summed E-state index contributed by atoms with van der Waals surface area (Å²) in [6, 6.07) is 6.58. The highest BCUT2D eigenvalue weighted by Crippen LogP contribution is 2.35. The van der Waals surface area contributed by atoms with E-state index in [4.69, 9.17) is 9.63 Å². The second kappa shape index (κ2) is 5.68. The van der Waals surface area contributed by atoms with Crippen LogP contribution in [0.2, 0.25) is 0 Å². The molecule has 0 aliphatic heterocycles. The molecule has 0 spiro atoms. The van der Waals surface area contributed by atoms with E-state index in [1.807, 2.05) is 0 Å². The van der Waals surface area contributed by atoms with Gasteiger partial charge >= 0.3 is 5.97 Å². The number of carbonyl (C=O) groups is 1. The van der Waals surface area contributed by atoms with Gasteiger partial charge in [-0.15, -0.1) is 0 Å². The van der Waals surface area contributed by atoms with E-state index in [0.29, 0.717) is 23.3 Å². The SMILES string of the molecule is CC1CCCC(c2noc(-c3cccc(C(=O)O)c3)n2)C1. The second-order valence-corrected chi connectivity index (χ2v) is 5.81. The van der Waals surface area contributed by atoms with Gasteiger partial charge in [-0.1, -0.05) is 31.0 Å². The van der Waals surface area contributed by atoms with Gasteiger partial charge in [0, 0.05) is 11.5 Å². The van der Waals surface area contributed by atoms with Gasteiger partial charge in [-0.25, -0.2) is 4.79 Å². The van der Waals surface area contributed by atoms with Gasteiger partial charge in [0.1, 0.15) is 0 Å². The third-order valence-corrected chi connectivity index (χ3v) is 4.10. The van der Waals surface area contributed by atoms with Gasteiger partial charge in [-0.05, 0) is 37.0 Å². The van der Waals surface area contributed by atoms with Crippen molar-refractivity contribution in [1.29, 1.82) is 0 Å². The van der Waals surface area contributed by atoms with Crippen molar-refractivity contribution in [1.82, 2.24) is 10.1 Å². The normalized spacial score (nSPS) is 22.1. The Labute approximate surface area is 123 Å². The minimum atomic E-state index is -0.960. The number of aromatic nitrogens is 2. The molecule has 0 bridgehead atoms.